The van der Waals surface area contributed by atoms with Crippen molar-refractivity contribution in [1.29, 1.82) is 0 Å². The molecule has 1 aromatic heterocycles. The summed E-state index contributed by atoms with van der Waals surface area (Å²) in [6.45, 7) is 4.74. The van der Waals surface area contributed by atoms with E-state index in [0.29, 0.717) is 6.04 Å². The molecule has 0 aliphatic heterocycles. The van der Waals surface area contributed by atoms with Crippen LogP contribution in [0.2, 0.25) is 0 Å². The average molecular weight is 254 g/mol. The van der Waals surface area contributed by atoms with Crippen LogP contribution in [0.3, 0.4) is 0 Å². The van der Waals surface area contributed by atoms with Gasteiger partial charge in [0.15, 0.2) is 0 Å². The summed E-state index contributed by atoms with van der Waals surface area (Å²) in [4.78, 5) is 4.26. The lowest BCUT2D eigenvalue weighted by Crippen LogP contribution is -2.33. The first kappa shape index (κ1) is 12.5. The zero-order chi connectivity index (χ0) is 13.2. The third-order valence-electron chi connectivity index (χ3n) is 4.46. The van der Waals surface area contributed by atoms with Crippen LogP contribution < -0.4 is 5.32 Å². The van der Waals surface area contributed by atoms with Crippen LogP contribution in [0, 0.1) is 11.8 Å². The van der Waals surface area contributed by atoms with Crippen LogP contribution in [0.25, 0.3) is 10.8 Å². The van der Waals surface area contributed by atoms with Crippen molar-refractivity contribution in [3.8, 4) is 0 Å². The van der Waals surface area contributed by atoms with Gasteiger partial charge >= 0.3 is 0 Å². The number of nitrogens with zero attached hydrogens (tertiary/aromatic N) is 1. The lowest BCUT2D eigenvalue weighted by Gasteiger charge is -2.34. The lowest BCUT2D eigenvalue weighted by molar-refractivity contribution is 0.276. The third-order valence-corrected chi connectivity index (χ3v) is 4.46. The number of anilines is 1. The summed E-state index contributed by atoms with van der Waals surface area (Å²) < 4.78 is 0. The molecule has 1 N–H and O–H groups in total. The van der Waals surface area contributed by atoms with Gasteiger partial charge in [0.2, 0.25) is 0 Å². The molecule has 1 heterocycles. The van der Waals surface area contributed by atoms with Crippen LogP contribution in [-0.2, 0) is 0 Å². The molecule has 0 bridgehead atoms. The van der Waals surface area contributed by atoms with Crippen molar-refractivity contribution in [2.24, 2.45) is 11.8 Å². The van der Waals surface area contributed by atoms with Crippen molar-refractivity contribution in [2.75, 3.05) is 5.32 Å². The Morgan fingerprint density at radius 3 is 2.89 bits per heavy atom. The fourth-order valence-corrected chi connectivity index (χ4v) is 3.32. The highest BCUT2D eigenvalue weighted by Crippen LogP contribution is 2.32. The quantitative estimate of drug-likeness (QED) is 0.855. The van der Waals surface area contributed by atoms with Crippen LogP contribution in [0.1, 0.15) is 33.1 Å². The number of rotatable bonds is 2. The first-order valence-electron chi connectivity index (χ1n) is 7.33. The van der Waals surface area contributed by atoms with Gasteiger partial charge in [-0.25, -0.2) is 0 Å². The second-order valence-electron chi connectivity index (χ2n) is 6.05. The van der Waals surface area contributed by atoms with Crippen LogP contribution >= 0.6 is 0 Å². The molecular weight excluding hydrogens is 232 g/mol. The van der Waals surface area contributed by atoms with Gasteiger partial charge < -0.3 is 5.32 Å². The maximum absolute atomic E-state index is 4.26. The second-order valence-corrected chi connectivity index (χ2v) is 6.05. The summed E-state index contributed by atoms with van der Waals surface area (Å²) in [6, 6.07) is 9.12. The Bertz CT molecular complexity index is 559. The summed E-state index contributed by atoms with van der Waals surface area (Å²) in [5, 5.41) is 6.25. The number of nitrogens with one attached hydrogen (secondary N) is 1. The van der Waals surface area contributed by atoms with Crippen molar-refractivity contribution in [3.05, 3.63) is 36.7 Å². The Kier molecular flexibility index (Phi) is 3.41. The molecule has 100 valence electrons. The van der Waals surface area contributed by atoms with E-state index in [0.717, 1.165) is 11.8 Å². The highest BCUT2D eigenvalue weighted by molar-refractivity contribution is 5.93. The molecule has 1 aromatic carbocycles. The van der Waals surface area contributed by atoms with E-state index in [1.165, 1.54) is 35.7 Å². The van der Waals surface area contributed by atoms with Gasteiger partial charge in [0, 0.05) is 29.5 Å². The van der Waals surface area contributed by atoms with E-state index in [-0.39, 0.29) is 0 Å². The topological polar surface area (TPSA) is 24.9 Å². The molecule has 3 rings (SSSR count). The van der Waals surface area contributed by atoms with Crippen molar-refractivity contribution in [1.82, 2.24) is 4.98 Å². The van der Waals surface area contributed by atoms with Crippen molar-refractivity contribution < 1.29 is 0 Å². The van der Waals surface area contributed by atoms with Gasteiger partial charge in [0.1, 0.15) is 0 Å². The van der Waals surface area contributed by atoms with E-state index in [1.807, 2.05) is 12.4 Å². The van der Waals surface area contributed by atoms with E-state index < -0.39 is 0 Å². The largest absolute Gasteiger partial charge is 0.381 e. The smallest absolute Gasteiger partial charge is 0.0437 e. The number of hydrogen-bond donors (Lipinski definition) is 1. The molecule has 0 spiro atoms. The van der Waals surface area contributed by atoms with Gasteiger partial charge in [-0.3, -0.25) is 4.98 Å². The summed E-state index contributed by atoms with van der Waals surface area (Å²) in [7, 11) is 0. The maximum atomic E-state index is 4.26. The Morgan fingerprint density at radius 1 is 1.16 bits per heavy atom. The standard InChI is InChI=1S/C17H22N2/c1-12-6-7-16(13(2)10-12)19-17-5-3-4-14-8-9-18-11-15(14)17/h3-5,8-9,11-13,16,19H,6-7,10H2,1-2H3. The molecule has 3 atom stereocenters. The molecule has 0 amide bonds. The van der Waals surface area contributed by atoms with Gasteiger partial charge in [-0.05, 0) is 48.6 Å². The minimum absolute atomic E-state index is 0.599. The van der Waals surface area contributed by atoms with E-state index in [2.05, 4.69) is 48.4 Å². The van der Waals surface area contributed by atoms with Crippen molar-refractivity contribution in [3.63, 3.8) is 0 Å². The van der Waals surface area contributed by atoms with Gasteiger partial charge in [-0.1, -0.05) is 26.0 Å². The lowest BCUT2D eigenvalue weighted by atomic mass is 9.80. The van der Waals surface area contributed by atoms with Crippen LogP contribution in [0.15, 0.2) is 36.7 Å². The predicted octanol–water partition coefficient (Wildman–Crippen LogP) is 4.47. The molecule has 0 radical (unpaired) electrons. The fraction of sp³-hybridized carbons (Fsp3) is 0.471. The first-order chi connectivity index (χ1) is 9.24. The normalized spacial score (nSPS) is 27.4. The van der Waals surface area contributed by atoms with E-state index in [9.17, 15) is 0 Å². The third kappa shape index (κ3) is 2.58. The summed E-state index contributed by atoms with van der Waals surface area (Å²) in [5.41, 5.74) is 1.23. The molecular formula is C17H22N2. The number of fused-ring (bicyclic) bond motifs is 1. The first-order valence-corrected chi connectivity index (χ1v) is 7.33. The molecule has 1 aliphatic rings. The number of benzene rings is 1. The molecule has 19 heavy (non-hydrogen) atoms. The predicted molar refractivity (Wildman–Crippen MR) is 81.3 cm³/mol. The molecule has 3 unspecified atom stereocenters. The van der Waals surface area contributed by atoms with Crippen LogP contribution in [0.4, 0.5) is 5.69 Å². The number of pyridine rings is 1. The fourth-order valence-electron chi connectivity index (χ4n) is 3.32. The minimum Gasteiger partial charge on any atom is -0.381 e. The Labute approximate surface area is 115 Å². The van der Waals surface area contributed by atoms with Gasteiger partial charge in [0.25, 0.3) is 0 Å². The van der Waals surface area contributed by atoms with E-state index in [4.69, 9.17) is 0 Å². The molecule has 2 heteroatoms. The maximum Gasteiger partial charge on any atom is 0.0437 e. The second kappa shape index (κ2) is 5.20. The highest BCUT2D eigenvalue weighted by atomic mass is 14.9. The average Bonchev–Trinajstić information content (AvgIpc) is 2.42. The summed E-state index contributed by atoms with van der Waals surface area (Å²) in [5.74, 6) is 1.62. The van der Waals surface area contributed by atoms with Crippen molar-refractivity contribution >= 4 is 16.5 Å². The van der Waals surface area contributed by atoms with Crippen LogP contribution in [-0.4, -0.2) is 11.0 Å². The van der Waals surface area contributed by atoms with Gasteiger partial charge in [-0.15, -0.1) is 0 Å². The molecule has 2 nitrogen and oxygen atoms in total. The zero-order valence-electron chi connectivity index (χ0n) is 11.8. The molecule has 0 saturated heterocycles. The summed E-state index contributed by atoms with van der Waals surface area (Å²) in [6.07, 6.45) is 7.77. The molecule has 2 aromatic rings. The van der Waals surface area contributed by atoms with E-state index >= 15 is 0 Å². The summed E-state index contributed by atoms with van der Waals surface area (Å²) >= 11 is 0. The Hall–Kier alpha value is -1.57. The minimum atomic E-state index is 0.599. The van der Waals surface area contributed by atoms with Crippen LogP contribution in [0.5, 0.6) is 0 Å². The van der Waals surface area contributed by atoms with Gasteiger partial charge in [0.05, 0.1) is 0 Å². The molecule has 1 fully saturated rings. The zero-order valence-corrected chi connectivity index (χ0v) is 11.8. The molecule has 1 saturated carbocycles. The van der Waals surface area contributed by atoms with Crippen molar-refractivity contribution in [2.45, 2.75) is 39.2 Å². The van der Waals surface area contributed by atoms with Gasteiger partial charge in [-0.2, -0.15) is 0 Å². The monoisotopic (exact) mass is 254 g/mol. The van der Waals surface area contributed by atoms with E-state index in [1.54, 1.807) is 0 Å². The highest BCUT2D eigenvalue weighted by Gasteiger charge is 2.25. The SMILES string of the molecule is CC1CCC(Nc2cccc3ccncc23)C(C)C1. The molecule has 1 aliphatic carbocycles. The number of aromatic nitrogens is 1. The number of hydrogen-bond acceptors (Lipinski definition) is 2. The Balaban J connectivity index is 1.85. The Morgan fingerprint density at radius 2 is 2.05 bits per heavy atom.